The standard InChI is InChI=1S/C11H25AsO2/c1-4-7-9-12(13,10-8-5-2)14-11-6-3/h4-11H2,1-3H3. The average molecular weight is 264 g/mol. The molecule has 0 amide bonds. The molecule has 0 aliphatic rings. The molecule has 0 unspecified atom stereocenters. The summed E-state index contributed by atoms with van der Waals surface area (Å²) in [7, 11) is 0. The molecule has 0 saturated carbocycles. The van der Waals surface area contributed by atoms with E-state index in [1.165, 1.54) is 0 Å². The van der Waals surface area contributed by atoms with Crippen molar-refractivity contribution in [2.45, 2.75) is 63.3 Å². The Bertz CT molecular complexity index is 140. The summed E-state index contributed by atoms with van der Waals surface area (Å²) in [6.07, 6.45) is 5.33. The SMILES string of the molecule is CCCC[As](=O)(CCCC)OCCC. The Morgan fingerprint density at radius 2 is 1.43 bits per heavy atom. The van der Waals surface area contributed by atoms with E-state index in [-0.39, 0.29) is 0 Å². The van der Waals surface area contributed by atoms with E-state index in [0.717, 1.165) is 42.5 Å². The summed E-state index contributed by atoms with van der Waals surface area (Å²) in [4.78, 5) is 0. The number of unbranched alkanes of at least 4 members (excludes halogenated alkanes) is 2. The van der Waals surface area contributed by atoms with Crippen molar-refractivity contribution in [3.05, 3.63) is 0 Å². The Morgan fingerprint density at radius 3 is 1.79 bits per heavy atom. The fourth-order valence-corrected chi connectivity index (χ4v) is 6.74. The predicted molar refractivity (Wildman–Crippen MR) is 62.1 cm³/mol. The summed E-state index contributed by atoms with van der Waals surface area (Å²) in [6, 6.07) is 0. The van der Waals surface area contributed by atoms with E-state index in [9.17, 15) is 3.74 Å². The van der Waals surface area contributed by atoms with E-state index in [4.69, 9.17) is 3.73 Å². The van der Waals surface area contributed by atoms with Crippen LogP contribution in [0.5, 0.6) is 0 Å². The minimum atomic E-state index is -2.91. The first kappa shape index (κ1) is 14.3. The van der Waals surface area contributed by atoms with Gasteiger partial charge in [-0.05, 0) is 0 Å². The van der Waals surface area contributed by atoms with Crippen molar-refractivity contribution >= 4 is 13.8 Å². The molecule has 0 radical (unpaired) electrons. The molecule has 2 nitrogen and oxygen atoms in total. The van der Waals surface area contributed by atoms with Gasteiger partial charge in [-0.1, -0.05) is 0 Å². The van der Waals surface area contributed by atoms with Crippen molar-refractivity contribution in [3.63, 3.8) is 0 Å². The Morgan fingerprint density at radius 1 is 0.929 bits per heavy atom. The van der Waals surface area contributed by atoms with Crippen molar-refractivity contribution in [1.82, 2.24) is 0 Å². The number of hydrogen-bond donors (Lipinski definition) is 0. The third-order valence-corrected chi connectivity index (χ3v) is 7.79. The summed E-state index contributed by atoms with van der Waals surface area (Å²) in [5.41, 5.74) is 0. The van der Waals surface area contributed by atoms with Gasteiger partial charge in [-0.25, -0.2) is 0 Å². The van der Waals surface area contributed by atoms with Gasteiger partial charge in [-0.2, -0.15) is 0 Å². The second-order valence-corrected chi connectivity index (χ2v) is 9.64. The zero-order chi connectivity index (χ0) is 10.9. The Labute approximate surface area is 91.4 Å². The van der Waals surface area contributed by atoms with Crippen molar-refractivity contribution in [2.75, 3.05) is 6.61 Å². The van der Waals surface area contributed by atoms with Crippen LogP contribution in [0, 0.1) is 0 Å². The summed E-state index contributed by atoms with van der Waals surface area (Å²) in [6.45, 7) is 7.03. The first-order chi connectivity index (χ1) is 6.68. The molecule has 0 rings (SSSR count). The van der Waals surface area contributed by atoms with Crippen LogP contribution in [0.25, 0.3) is 0 Å². The third-order valence-electron chi connectivity index (χ3n) is 2.24. The van der Waals surface area contributed by atoms with Crippen molar-refractivity contribution in [1.29, 1.82) is 0 Å². The van der Waals surface area contributed by atoms with Gasteiger partial charge in [-0.3, -0.25) is 0 Å². The molecule has 0 saturated heterocycles. The van der Waals surface area contributed by atoms with Gasteiger partial charge in [0, 0.05) is 0 Å². The van der Waals surface area contributed by atoms with Gasteiger partial charge in [0.15, 0.2) is 0 Å². The minimum absolute atomic E-state index is 0.684. The van der Waals surface area contributed by atoms with Gasteiger partial charge in [0.2, 0.25) is 0 Å². The molecule has 0 aliphatic carbocycles. The van der Waals surface area contributed by atoms with Gasteiger partial charge in [0.1, 0.15) is 0 Å². The normalized spacial score (nSPS) is 11.9. The molecule has 0 atom stereocenters. The summed E-state index contributed by atoms with van der Waals surface area (Å²) in [5.74, 6) is 0. The summed E-state index contributed by atoms with van der Waals surface area (Å²) < 4.78 is 17.9. The van der Waals surface area contributed by atoms with Crippen molar-refractivity contribution < 1.29 is 7.47 Å². The van der Waals surface area contributed by atoms with E-state index in [0.29, 0.717) is 6.61 Å². The van der Waals surface area contributed by atoms with Gasteiger partial charge in [-0.15, -0.1) is 0 Å². The first-order valence-corrected chi connectivity index (χ1v) is 10.1. The molecule has 14 heavy (non-hydrogen) atoms. The van der Waals surface area contributed by atoms with E-state index >= 15 is 0 Å². The molecular formula is C11H25AsO2. The molecule has 0 bridgehead atoms. The van der Waals surface area contributed by atoms with E-state index in [1.807, 2.05) is 0 Å². The third kappa shape index (κ3) is 6.73. The van der Waals surface area contributed by atoms with Crippen LogP contribution in [0.1, 0.15) is 52.9 Å². The molecule has 0 aromatic heterocycles. The van der Waals surface area contributed by atoms with Crippen LogP contribution in [-0.2, 0) is 7.47 Å². The first-order valence-electron chi connectivity index (χ1n) is 5.91. The van der Waals surface area contributed by atoms with E-state index in [1.54, 1.807) is 0 Å². The number of rotatable bonds is 9. The van der Waals surface area contributed by atoms with Gasteiger partial charge >= 0.3 is 91.2 Å². The molecular weight excluding hydrogens is 239 g/mol. The fourth-order valence-electron chi connectivity index (χ4n) is 1.30. The van der Waals surface area contributed by atoms with Gasteiger partial charge < -0.3 is 0 Å². The van der Waals surface area contributed by atoms with Crippen LogP contribution in [0.4, 0.5) is 0 Å². The molecule has 0 fully saturated rings. The predicted octanol–water partition coefficient (Wildman–Crippen LogP) is 3.89. The zero-order valence-electron chi connectivity index (χ0n) is 9.92. The topological polar surface area (TPSA) is 26.3 Å². The van der Waals surface area contributed by atoms with Crippen molar-refractivity contribution in [2.24, 2.45) is 0 Å². The Kier molecular flexibility index (Phi) is 8.81. The van der Waals surface area contributed by atoms with Crippen molar-refractivity contribution in [3.8, 4) is 0 Å². The summed E-state index contributed by atoms with van der Waals surface area (Å²) >= 11 is -2.91. The Hall–Kier alpha value is 0.318. The van der Waals surface area contributed by atoms with Gasteiger partial charge in [0.25, 0.3) is 0 Å². The second-order valence-electron chi connectivity index (χ2n) is 3.80. The summed E-state index contributed by atoms with van der Waals surface area (Å²) in [5, 5.41) is 1.68. The molecule has 86 valence electrons. The maximum atomic E-state index is 12.3. The monoisotopic (exact) mass is 264 g/mol. The molecule has 0 N–H and O–H groups in total. The fraction of sp³-hybridized carbons (Fsp3) is 1.00. The molecule has 0 spiro atoms. The number of hydrogen-bond acceptors (Lipinski definition) is 2. The van der Waals surface area contributed by atoms with Crippen LogP contribution < -0.4 is 0 Å². The quantitative estimate of drug-likeness (QED) is 0.591. The molecule has 0 heterocycles. The molecule has 0 aliphatic heterocycles. The van der Waals surface area contributed by atoms with E-state index < -0.39 is 13.8 Å². The zero-order valence-corrected chi connectivity index (χ0v) is 11.8. The van der Waals surface area contributed by atoms with Gasteiger partial charge in [0.05, 0.1) is 0 Å². The van der Waals surface area contributed by atoms with Crippen LogP contribution in [-0.4, -0.2) is 20.4 Å². The molecule has 3 heteroatoms. The second kappa shape index (κ2) is 8.61. The molecule has 0 aromatic rings. The maximum absolute atomic E-state index is 12.3. The Balaban J connectivity index is 3.97. The van der Waals surface area contributed by atoms with Crippen LogP contribution >= 0.6 is 0 Å². The molecule has 0 aromatic carbocycles. The van der Waals surface area contributed by atoms with Crippen LogP contribution in [0.2, 0.25) is 10.4 Å². The van der Waals surface area contributed by atoms with Crippen LogP contribution in [0.15, 0.2) is 0 Å². The van der Waals surface area contributed by atoms with E-state index in [2.05, 4.69) is 20.8 Å². The average Bonchev–Trinajstić information content (AvgIpc) is 2.21. The van der Waals surface area contributed by atoms with Crippen LogP contribution in [0.3, 0.4) is 0 Å².